The second kappa shape index (κ2) is 6.61. The summed E-state index contributed by atoms with van der Waals surface area (Å²) in [5.41, 5.74) is 6.40. The molecule has 0 saturated heterocycles. The maximum atomic E-state index is 4.32. The first-order valence-corrected chi connectivity index (χ1v) is 8.04. The van der Waals surface area contributed by atoms with E-state index in [4.69, 9.17) is 0 Å². The Morgan fingerprint density at radius 3 is 1.48 bits per heavy atom. The molecule has 4 aromatic rings. The Balaban J connectivity index is 1.90. The fourth-order valence-electron chi connectivity index (χ4n) is 2.74. The first-order valence-electron chi connectivity index (χ1n) is 8.04. The Morgan fingerprint density at radius 2 is 1.04 bits per heavy atom. The first kappa shape index (κ1) is 15.1. The van der Waals surface area contributed by atoms with Gasteiger partial charge in [0.25, 0.3) is 0 Å². The number of aryl methyl sites for hydroxylation is 1. The van der Waals surface area contributed by atoms with Gasteiger partial charge in [0, 0.05) is 53.9 Å². The van der Waals surface area contributed by atoms with Gasteiger partial charge in [-0.05, 0) is 53.9 Å². The van der Waals surface area contributed by atoms with Gasteiger partial charge in [-0.15, -0.1) is 0 Å². The van der Waals surface area contributed by atoms with Crippen LogP contribution in [0.15, 0.2) is 79.6 Å². The SMILES string of the molecule is Cc1ncc(-c2cc(-c3cccnc3)cc(-c3cccnc3)c2)cn1. The normalized spacial score (nSPS) is 10.6. The van der Waals surface area contributed by atoms with Gasteiger partial charge in [-0.3, -0.25) is 9.97 Å². The van der Waals surface area contributed by atoms with E-state index in [-0.39, 0.29) is 0 Å². The third-order valence-electron chi connectivity index (χ3n) is 4.04. The molecule has 0 amide bonds. The minimum Gasteiger partial charge on any atom is -0.264 e. The monoisotopic (exact) mass is 324 g/mol. The van der Waals surface area contributed by atoms with E-state index in [1.807, 2.05) is 43.8 Å². The van der Waals surface area contributed by atoms with E-state index >= 15 is 0 Å². The Labute approximate surface area is 146 Å². The van der Waals surface area contributed by atoms with Crippen LogP contribution < -0.4 is 0 Å². The Hall–Kier alpha value is -3.40. The molecule has 0 fully saturated rings. The van der Waals surface area contributed by atoms with E-state index in [0.717, 1.165) is 39.2 Å². The van der Waals surface area contributed by atoms with Crippen LogP contribution in [0, 0.1) is 6.92 Å². The number of rotatable bonds is 3. The summed E-state index contributed by atoms with van der Waals surface area (Å²) in [4.78, 5) is 17.1. The number of hydrogen-bond acceptors (Lipinski definition) is 4. The van der Waals surface area contributed by atoms with Crippen LogP contribution in [-0.2, 0) is 0 Å². The van der Waals surface area contributed by atoms with Crippen molar-refractivity contribution in [3.63, 3.8) is 0 Å². The molecule has 0 aliphatic carbocycles. The van der Waals surface area contributed by atoms with Crippen molar-refractivity contribution >= 4 is 0 Å². The third kappa shape index (κ3) is 3.28. The molecule has 4 rings (SSSR count). The molecule has 0 atom stereocenters. The van der Waals surface area contributed by atoms with Crippen molar-refractivity contribution in [2.45, 2.75) is 6.92 Å². The zero-order valence-electron chi connectivity index (χ0n) is 13.8. The van der Waals surface area contributed by atoms with Crippen LogP contribution in [0.1, 0.15) is 5.82 Å². The molecule has 0 aliphatic rings. The lowest BCUT2D eigenvalue weighted by molar-refractivity contribution is 1.06. The van der Waals surface area contributed by atoms with E-state index in [1.54, 1.807) is 12.4 Å². The minimum atomic E-state index is 0.764. The van der Waals surface area contributed by atoms with E-state index in [1.165, 1.54) is 0 Å². The minimum absolute atomic E-state index is 0.764. The molecule has 4 heteroatoms. The number of aromatic nitrogens is 4. The van der Waals surface area contributed by atoms with Gasteiger partial charge >= 0.3 is 0 Å². The molecule has 0 unspecified atom stereocenters. The molecule has 25 heavy (non-hydrogen) atoms. The molecular weight excluding hydrogens is 308 g/mol. The summed E-state index contributed by atoms with van der Waals surface area (Å²) in [6, 6.07) is 14.5. The van der Waals surface area contributed by atoms with Gasteiger partial charge in [-0.1, -0.05) is 12.1 Å². The number of nitrogens with zero attached hydrogens (tertiary/aromatic N) is 4. The molecule has 4 nitrogen and oxygen atoms in total. The fourth-order valence-corrected chi connectivity index (χ4v) is 2.74. The molecule has 0 N–H and O–H groups in total. The quantitative estimate of drug-likeness (QED) is 0.553. The highest BCUT2D eigenvalue weighted by Crippen LogP contribution is 2.31. The molecule has 3 heterocycles. The van der Waals surface area contributed by atoms with Crippen LogP contribution in [0.3, 0.4) is 0 Å². The number of benzene rings is 1. The maximum Gasteiger partial charge on any atom is 0.125 e. The summed E-state index contributed by atoms with van der Waals surface area (Å²) in [5, 5.41) is 0. The summed E-state index contributed by atoms with van der Waals surface area (Å²) in [7, 11) is 0. The lowest BCUT2D eigenvalue weighted by Gasteiger charge is -2.10. The van der Waals surface area contributed by atoms with Crippen LogP contribution in [0.5, 0.6) is 0 Å². The van der Waals surface area contributed by atoms with Gasteiger partial charge in [-0.25, -0.2) is 9.97 Å². The van der Waals surface area contributed by atoms with Crippen LogP contribution in [0.2, 0.25) is 0 Å². The van der Waals surface area contributed by atoms with Crippen molar-refractivity contribution in [2.24, 2.45) is 0 Å². The first-order chi connectivity index (χ1) is 12.3. The molecule has 0 saturated carbocycles. The molecule has 0 radical (unpaired) electrons. The summed E-state index contributed by atoms with van der Waals surface area (Å²) < 4.78 is 0. The lowest BCUT2D eigenvalue weighted by atomic mass is 9.95. The zero-order chi connectivity index (χ0) is 17.1. The van der Waals surface area contributed by atoms with E-state index in [0.29, 0.717) is 0 Å². The Morgan fingerprint density at radius 1 is 0.560 bits per heavy atom. The van der Waals surface area contributed by atoms with Gasteiger partial charge < -0.3 is 0 Å². The zero-order valence-corrected chi connectivity index (χ0v) is 13.8. The van der Waals surface area contributed by atoms with Crippen LogP contribution >= 0.6 is 0 Å². The number of hydrogen-bond donors (Lipinski definition) is 0. The average Bonchev–Trinajstić information content (AvgIpc) is 2.69. The van der Waals surface area contributed by atoms with Crippen molar-refractivity contribution in [3.05, 3.63) is 85.5 Å². The van der Waals surface area contributed by atoms with Gasteiger partial charge in [0.1, 0.15) is 5.82 Å². The van der Waals surface area contributed by atoms with Crippen molar-refractivity contribution in [1.82, 2.24) is 19.9 Å². The van der Waals surface area contributed by atoms with Crippen LogP contribution in [-0.4, -0.2) is 19.9 Å². The highest BCUT2D eigenvalue weighted by atomic mass is 14.8. The molecule has 0 aliphatic heterocycles. The van der Waals surface area contributed by atoms with Crippen molar-refractivity contribution in [2.75, 3.05) is 0 Å². The topological polar surface area (TPSA) is 51.6 Å². The molecule has 0 spiro atoms. The molecule has 3 aromatic heterocycles. The van der Waals surface area contributed by atoms with Gasteiger partial charge in [0.15, 0.2) is 0 Å². The molecule has 0 bridgehead atoms. The average molecular weight is 324 g/mol. The Bertz CT molecular complexity index is 924. The molecular formula is C21H16N4. The highest BCUT2D eigenvalue weighted by molar-refractivity contribution is 5.80. The van der Waals surface area contributed by atoms with E-state index in [2.05, 4.69) is 50.3 Å². The van der Waals surface area contributed by atoms with Gasteiger partial charge in [0.05, 0.1) is 0 Å². The summed E-state index contributed by atoms with van der Waals surface area (Å²) in [6.07, 6.45) is 11.0. The maximum absolute atomic E-state index is 4.32. The molecule has 120 valence electrons. The predicted octanol–water partition coefficient (Wildman–Crippen LogP) is 4.58. The number of pyridine rings is 2. The van der Waals surface area contributed by atoms with Gasteiger partial charge in [0.2, 0.25) is 0 Å². The van der Waals surface area contributed by atoms with Crippen molar-refractivity contribution in [1.29, 1.82) is 0 Å². The van der Waals surface area contributed by atoms with Crippen molar-refractivity contribution < 1.29 is 0 Å². The summed E-state index contributed by atoms with van der Waals surface area (Å²) >= 11 is 0. The molecule has 1 aromatic carbocycles. The van der Waals surface area contributed by atoms with Crippen molar-refractivity contribution in [3.8, 4) is 33.4 Å². The highest BCUT2D eigenvalue weighted by Gasteiger charge is 2.08. The third-order valence-corrected chi connectivity index (χ3v) is 4.04. The van der Waals surface area contributed by atoms with Crippen LogP contribution in [0.4, 0.5) is 0 Å². The largest absolute Gasteiger partial charge is 0.264 e. The van der Waals surface area contributed by atoms with Crippen LogP contribution in [0.25, 0.3) is 33.4 Å². The van der Waals surface area contributed by atoms with Gasteiger partial charge in [-0.2, -0.15) is 0 Å². The lowest BCUT2D eigenvalue weighted by Crippen LogP contribution is -1.90. The fraction of sp³-hybridized carbons (Fsp3) is 0.0476. The summed E-state index contributed by atoms with van der Waals surface area (Å²) in [6.45, 7) is 1.89. The second-order valence-corrected chi connectivity index (χ2v) is 5.80. The van der Waals surface area contributed by atoms with E-state index < -0.39 is 0 Å². The predicted molar refractivity (Wildman–Crippen MR) is 98.7 cm³/mol. The van der Waals surface area contributed by atoms with E-state index in [9.17, 15) is 0 Å². The second-order valence-electron chi connectivity index (χ2n) is 5.80. The smallest absolute Gasteiger partial charge is 0.125 e. The Kier molecular flexibility index (Phi) is 4.01. The standard InChI is InChI=1S/C21H16N4/c1-15-24-13-21(14-25-15)20-9-18(16-4-2-6-22-11-16)8-19(10-20)17-5-3-7-23-12-17/h2-14H,1H3. The summed E-state index contributed by atoms with van der Waals surface area (Å²) in [5.74, 6) is 0.764.